The zero-order chi connectivity index (χ0) is 14.2. The van der Waals surface area contributed by atoms with Crippen molar-refractivity contribution in [2.24, 2.45) is 10.2 Å². The summed E-state index contributed by atoms with van der Waals surface area (Å²) >= 11 is 3.24. The number of hydrogen-bond donors (Lipinski definition) is 1. The molecule has 1 atom stereocenters. The molecule has 1 aromatic rings. The van der Waals surface area contributed by atoms with Crippen LogP contribution in [0.25, 0.3) is 0 Å². The molecule has 0 saturated carbocycles. The van der Waals surface area contributed by atoms with Crippen molar-refractivity contribution >= 4 is 40.8 Å². The molecule has 1 aliphatic rings. The van der Waals surface area contributed by atoms with Crippen LogP contribution in [-0.4, -0.2) is 28.3 Å². The van der Waals surface area contributed by atoms with E-state index in [0.717, 1.165) is 18.6 Å². The molecule has 0 radical (unpaired) electrons. The lowest BCUT2D eigenvalue weighted by atomic mass is 10.3. The van der Waals surface area contributed by atoms with Crippen LogP contribution in [0.3, 0.4) is 0 Å². The van der Waals surface area contributed by atoms with Crippen LogP contribution in [0.5, 0.6) is 0 Å². The second-order valence-electron chi connectivity index (χ2n) is 4.16. The lowest BCUT2D eigenvalue weighted by Gasteiger charge is -1.97. The Labute approximate surface area is 127 Å². The molecular formula is C14H17N3OS2. The molecular weight excluding hydrogens is 290 g/mol. The molecule has 6 heteroatoms. The molecule has 1 unspecified atom stereocenters. The van der Waals surface area contributed by atoms with Gasteiger partial charge in [0.15, 0.2) is 5.17 Å². The van der Waals surface area contributed by atoms with Crippen molar-refractivity contribution in [3.05, 3.63) is 30.3 Å². The van der Waals surface area contributed by atoms with Gasteiger partial charge in [-0.3, -0.25) is 4.79 Å². The highest BCUT2D eigenvalue weighted by Gasteiger charge is 2.28. The van der Waals surface area contributed by atoms with Gasteiger partial charge >= 0.3 is 0 Å². The van der Waals surface area contributed by atoms with Gasteiger partial charge in [-0.05, 0) is 25.0 Å². The van der Waals surface area contributed by atoms with Gasteiger partial charge in [-0.2, -0.15) is 5.10 Å². The lowest BCUT2D eigenvalue weighted by molar-refractivity contribution is -0.118. The van der Waals surface area contributed by atoms with E-state index in [4.69, 9.17) is 0 Å². The molecule has 4 nitrogen and oxygen atoms in total. The summed E-state index contributed by atoms with van der Waals surface area (Å²) in [5.74, 6) is 1.00. The molecule has 1 aromatic carbocycles. The fraction of sp³-hybridized carbons (Fsp3) is 0.357. The minimum absolute atomic E-state index is 0.0161. The molecule has 1 amide bonds. The predicted molar refractivity (Wildman–Crippen MR) is 87.5 cm³/mol. The van der Waals surface area contributed by atoms with Crippen LogP contribution < -0.4 is 5.32 Å². The Hall–Kier alpha value is -1.27. The van der Waals surface area contributed by atoms with Gasteiger partial charge in [0.25, 0.3) is 0 Å². The average molecular weight is 307 g/mol. The van der Waals surface area contributed by atoms with E-state index in [2.05, 4.69) is 27.7 Å². The highest BCUT2D eigenvalue weighted by molar-refractivity contribution is 8.15. The minimum Gasteiger partial charge on any atom is -0.303 e. The van der Waals surface area contributed by atoms with E-state index in [9.17, 15) is 4.79 Å². The van der Waals surface area contributed by atoms with Crippen LogP contribution in [0.2, 0.25) is 0 Å². The van der Waals surface area contributed by atoms with Crippen molar-refractivity contribution in [1.82, 2.24) is 5.32 Å². The molecule has 1 aliphatic heterocycles. The van der Waals surface area contributed by atoms with Crippen molar-refractivity contribution in [3.63, 3.8) is 0 Å². The Morgan fingerprint density at radius 1 is 1.40 bits per heavy atom. The first-order chi connectivity index (χ1) is 9.79. The number of nitrogens with one attached hydrogen (secondary N) is 1. The Morgan fingerprint density at radius 2 is 2.20 bits per heavy atom. The lowest BCUT2D eigenvalue weighted by Crippen LogP contribution is -2.24. The summed E-state index contributed by atoms with van der Waals surface area (Å²) in [5, 5.41) is 11.3. The van der Waals surface area contributed by atoms with Crippen molar-refractivity contribution < 1.29 is 4.79 Å². The number of nitrogens with zero attached hydrogens (tertiary/aromatic N) is 2. The molecule has 0 bridgehead atoms. The van der Waals surface area contributed by atoms with Crippen molar-refractivity contribution in [2.45, 2.75) is 29.9 Å². The van der Waals surface area contributed by atoms with Crippen molar-refractivity contribution in [1.29, 1.82) is 0 Å². The summed E-state index contributed by atoms with van der Waals surface area (Å²) in [6, 6.07) is 10.3. The largest absolute Gasteiger partial charge is 0.303 e. The van der Waals surface area contributed by atoms with E-state index in [1.807, 2.05) is 25.1 Å². The number of amides is 1. The van der Waals surface area contributed by atoms with E-state index in [1.165, 1.54) is 16.7 Å². The monoisotopic (exact) mass is 307 g/mol. The smallest absolute Gasteiger partial charge is 0.239 e. The first-order valence-electron chi connectivity index (χ1n) is 6.54. The molecule has 0 aromatic heterocycles. The molecule has 1 fully saturated rings. The summed E-state index contributed by atoms with van der Waals surface area (Å²) in [7, 11) is 0. The fourth-order valence-electron chi connectivity index (χ4n) is 1.62. The molecule has 0 spiro atoms. The summed E-state index contributed by atoms with van der Waals surface area (Å²) < 4.78 is 0. The van der Waals surface area contributed by atoms with E-state index in [-0.39, 0.29) is 11.2 Å². The van der Waals surface area contributed by atoms with Gasteiger partial charge in [-0.15, -0.1) is 16.9 Å². The number of hydrogen-bond acceptors (Lipinski definition) is 5. The van der Waals surface area contributed by atoms with Gasteiger partial charge in [-0.1, -0.05) is 36.9 Å². The summed E-state index contributed by atoms with van der Waals surface area (Å²) in [6.45, 7) is 1.99. The Kier molecular flexibility index (Phi) is 6.14. The second-order valence-corrected chi connectivity index (χ2v) is 6.52. The van der Waals surface area contributed by atoms with Crippen LogP contribution >= 0.6 is 23.5 Å². The molecule has 0 aliphatic carbocycles. The van der Waals surface area contributed by atoms with Gasteiger partial charge in [0.05, 0.1) is 5.25 Å². The van der Waals surface area contributed by atoms with Crippen LogP contribution in [0.15, 0.2) is 45.4 Å². The Bertz CT molecular complexity index is 502. The maximum Gasteiger partial charge on any atom is 0.239 e. The molecule has 20 heavy (non-hydrogen) atoms. The molecule has 1 saturated heterocycles. The SMILES string of the molecule is CCC1SC(=N/N=C/CCSc2ccccc2)NC1=O. The molecule has 1 heterocycles. The highest BCUT2D eigenvalue weighted by Crippen LogP contribution is 2.21. The number of rotatable bonds is 6. The third-order valence-electron chi connectivity index (χ3n) is 2.64. The van der Waals surface area contributed by atoms with Crippen LogP contribution in [0, 0.1) is 0 Å². The van der Waals surface area contributed by atoms with Crippen molar-refractivity contribution in [3.8, 4) is 0 Å². The minimum atomic E-state index is -0.0161. The van der Waals surface area contributed by atoms with Gasteiger partial charge in [-0.25, -0.2) is 0 Å². The van der Waals surface area contributed by atoms with Crippen LogP contribution in [0.1, 0.15) is 19.8 Å². The Morgan fingerprint density at radius 3 is 2.90 bits per heavy atom. The molecule has 1 N–H and O–H groups in total. The zero-order valence-corrected chi connectivity index (χ0v) is 12.9. The predicted octanol–water partition coefficient (Wildman–Crippen LogP) is 3.15. The van der Waals surface area contributed by atoms with E-state index in [1.54, 1.807) is 18.0 Å². The topological polar surface area (TPSA) is 53.8 Å². The zero-order valence-electron chi connectivity index (χ0n) is 11.3. The number of thioether (sulfide) groups is 2. The number of amidine groups is 1. The highest BCUT2D eigenvalue weighted by atomic mass is 32.2. The number of carbonyl (C=O) groups is 1. The molecule has 106 valence electrons. The third kappa shape index (κ3) is 4.68. The summed E-state index contributed by atoms with van der Waals surface area (Å²) in [5.41, 5.74) is 0. The number of benzene rings is 1. The fourth-order valence-corrected chi connectivity index (χ4v) is 3.28. The van der Waals surface area contributed by atoms with Gasteiger partial charge in [0.2, 0.25) is 5.91 Å². The van der Waals surface area contributed by atoms with Crippen molar-refractivity contribution in [2.75, 3.05) is 5.75 Å². The van der Waals surface area contributed by atoms with E-state index >= 15 is 0 Å². The summed E-state index contributed by atoms with van der Waals surface area (Å²) in [6.07, 6.45) is 3.45. The number of carbonyl (C=O) groups excluding carboxylic acids is 1. The van der Waals surface area contributed by atoms with Gasteiger partial charge in [0.1, 0.15) is 0 Å². The third-order valence-corrected chi connectivity index (χ3v) is 4.92. The average Bonchev–Trinajstić information content (AvgIpc) is 2.84. The normalized spacial score (nSPS) is 20.8. The molecule has 2 rings (SSSR count). The maximum atomic E-state index is 11.4. The Balaban J connectivity index is 1.68. The van der Waals surface area contributed by atoms with E-state index < -0.39 is 0 Å². The maximum absolute atomic E-state index is 11.4. The van der Waals surface area contributed by atoms with Gasteiger partial charge < -0.3 is 5.32 Å². The van der Waals surface area contributed by atoms with Gasteiger partial charge in [0, 0.05) is 16.9 Å². The standard InChI is InChI=1S/C14H17N3OS2/c1-2-12-13(18)16-14(20-12)17-15-9-6-10-19-11-7-4-3-5-8-11/h3-5,7-9,12H,2,6,10H2,1H3,(H,16,17,18)/b15-9+. The quantitative estimate of drug-likeness (QED) is 0.380. The summed E-state index contributed by atoms with van der Waals surface area (Å²) in [4.78, 5) is 12.7. The first kappa shape index (κ1) is 15.1. The second kappa shape index (κ2) is 8.11. The van der Waals surface area contributed by atoms with E-state index in [0.29, 0.717) is 5.17 Å². The van der Waals surface area contributed by atoms with Crippen LogP contribution in [-0.2, 0) is 4.79 Å². The first-order valence-corrected chi connectivity index (χ1v) is 8.41. The van der Waals surface area contributed by atoms with Crippen LogP contribution in [0.4, 0.5) is 0 Å².